The van der Waals surface area contributed by atoms with E-state index in [0.717, 1.165) is 12.0 Å². The second-order valence-corrected chi connectivity index (χ2v) is 5.79. The molecule has 2 aromatic carbocycles. The number of nitrogens with one attached hydrogen (secondary N) is 1. The lowest BCUT2D eigenvalue weighted by molar-refractivity contribution is -0.128. The number of aryl methyl sites for hydroxylation is 1. The summed E-state index contributed by atoms with van der Waals surface area (Å²) in [5.74, 6) is 0.222. The van der Waals surface area contributed by atoms with E-state index in [1.54, 1.807) is 12.1 Å². The number of carbonyl (C=O) groups is 1. The molecule has 128 valence electrons. The van der Waals surface area contributed by atoms with Crippen molar-refractivity contribution in [2.24, 2.45) is 0 Å². The van der Waals surface area contributed by atoms with Gasteiger partial charge in [-0.1, -0.05) is 38.1 Å². The summed E-state index contributed by atoms with van der Waals surface area (Å²) in [5.41, 5.74) is 2.08. The molecular formula is C20H24FNO2. The van der Waals surface area contributed by atoms with Crippen molar-refractivity contribution in [3.63, 3.8) is 0 Å². The molecule has 0 heterocycles. The van der Waals surface area contributed by atoms with Crippen LogP contribution in [0.3, 0.4) is 0 Å². The van der Waals surface area contributed by atoms with Crippen LogP contribution in [0.25, 0.3) is 0 Å². The van der Waals surface area contributed by atoms with Crippen molar-refractivity contribution in [3.8, 4) is 5.75 Å². The summed E-state index contributed by atoms with van der Waals surface area (Å²) in [6.07, 6.45) is 0.977. The topological polar surface area (TPSA) is 38.3 Å². The van der Waals surface area contributed by atoms with Crippen molar-refractivity contribution in [2.45, 2.75) is 45.8 Å². The highest BCUT2D eigenvalue weighted by Crippen LogP contribution is 2.17. The maximum Gasteiger partial charge on any atom is 0.261 e. The Morgan fingerprint density at radius 3 is 2.25 bits per heavy atom. The standard InChI is InChI=1S/C20H24FNO2/c1-4-15-6-12-18(13-7-15)24-19(5-2)20(23)22-14(3)16-8-10-17(21)11-9-16/h6-14,19H,4-5H2,1-3H3,(H,22,23)/t14-,19-/m1/s1. The van der Waals surface area contributed by atoms with E-state index >= 15 is 0 Å². The van der Waals surface area contributed by atoms with E-state index in [4.69, 9.17) is 4.74 Å². The molecule has 0 saturated carbocycles. The third-order valence-corrected chi connectivity index (χ3v) is 4.00. The van der Waals surface area contributed by atoms with Crippen LogP contribution in [-0.4, -0.2) is 12.0 Å². The third-order valence-electron chi connectivity index (χ3n) is 4.00. The Labute approximate surface area is 142 Å². The van der Waals surface area contributed by atoms with Crippen LogP contribution in [0.1, 0.15) is 44.4 Å². The summed E-state index contributed by atoms with van der Waals surface area (Å²) in [4.78, 5) is 12.4. The second kappa shape index (κ2) is 8.48. The smallest absolute Gasteiger partial charge is 0.261 e. The van der Waals surface area contributed by atoms with Crippen LogP contribution >= 0.6 is 0 Å². The fraction of sp³-hybridized carbons (Fsp3) is 0.350. The molecule has 2 rings (SSSR count). The zero-order valence-electron chi connectivity index (χ0n) is 14.4. The van der Waals surface area contributed by atoms with Crippen molar-refractivity contribution >= 4 is 5.91 Å². The Bertz CT molecular complexity index is 652. The maximum atomic E-state index is 13.0. The molecular weight excluding hydrogens is 305 g/mol. The Morgan fingerprint density at radius 1 is 1.08 bits per heavy atom. The molecule has 0 aromatic heterocycles. The molecule has 4 heteroatoms. The maximum absolute atomic E-state index is 13.0. The van der Waals surface area contributed by atoms with Gasteiger partial charge in [-0.3, -0.25) is 4.79 Å². The lowest BCUT2D eigenvalue weighted by atomic mass is 10.1. The van der Waals surface area contributed by atoms with E-state index in [1.165, 1.54) is 17.7 Å². The van der Waals surface area contributed by atoms with Gasteiger partial charge in [0.05, 0.1) is 6.04 Å². The van der Waals surface area contributed by atoms with Crippen molar-refractivity contribution in [3.05, 3.63) is 65.5 Å². The van der Waals surface area contributed by atoms with E-state index < -0.39 is 6.10 Å². The number of ether oxygens (including phenoxy) is 1. The molecule has 0 aliphatic carbocycles. The minimum Gasteiger partial charge on any atom is -0.481 e. The summed E-state index contributed by atoms with van der Waals surface area (Å²) in [6.45, 7) is 5.87. The fourth-order valence-corrected chi connectivity index (χ4v) is 2.43. The van der Waals surface area contributed by atoms with Gasteiger partial charge < -0.3 is 10.1 Å². The van der Waals surface area contributed by atoms with Crippen molar-refractivity contribution in [1.29, 1.82) is 0 Å². The van der Waals surface area contributed by atoms with E-state index in [1.807, 2.05) is 38.1 Å². The third kappa shape index (κ3) is 4.82. The zero-order chi connectivity index (χ0) is 17.5. The van der Waals surface area contributed by atoms with Gasteiger partial charge in [0.15, 0.2) is 6.10 Å². The van der Waals surface area contributed by atoms with Crippen molar-refractivity contribution < 1.29 is 13.9 Å². The zero-order valence-corrected chi connectivity index (χ0v) is 14.4. The van der Waals surface area contributed by atoms with Gasteiger partial charge >= 0.3 is 0 Å². The van der Waals surface area contributed by atoms with Gasteiger partial charge in [-0.15, -0.1) is 0 Å². The first-order valence-electron chi connectivity index (χ1n) is 8.35. The molecule has 0 radical (unpaired) electrons. The van der Waals surface area contributed by atoms with E-state index in [-0.39, 0.29) is 17.8 Å². The molecule has 24 heavy (non-hydrogen) atoms. The Morgan fingerprint density at radius 2 is 1.71 bits per heavy atom. The quantitative estimate of drug-likeness (QED) is 0.816. The lowest BCUT2D eigenvalue weighted by Crippen LogP contribution is -2.39. The number of halogens is 1. The van der Waals surface area contributed by atoms with Crippen molar-refractivity contribution in [2.75, 3.05) is 0 Å². The van der Waals surface area contributed by atoms with Crippen LogP contribution in [0.5, 0.6) is 5.75 Å². The minimum atomic E-state index is -0.555. The van der Waals surface area contributed by atoms with Gasteiger partial charge in [0.25, 0.3) is 5.91 Å². The molecule has 0 saturated heterocycles. The Balaban J connectivity index is 1.98. The van der Waals surface area contributed by atoms with Crippen LogP contribution in [0.2, 0.25) is 0 Å². The van der Waals surface area contributed by atoms with Gasteiger partial charge in [-0.25, -0.2) is 4.39 Å². The van der Waals surface area contributed by atoms with E-state index in [0.29, 0.717) is 12.2 Å². The van der Waals surface area contributed by atoms with Crippen LogP contribution in [0.4, 0.5) is 4.39 Å². The largest absolute Gasteiger partial charge is 0.481 e. The van der Waals surface area contributed by atoms with Crippen LogP contribution in [-0.2, 0) is 11.2 Å². The first-order valence-corrected chi connectivity index (χ1v) is 8.35. The van der Waals surface area contributed by atoms with E-state index in [2.05, 4.69) is 12.2 Å². The molecule has 0 aliphatic heterocycles. The number of amides is 1. The molecule has 2 atom stereocenters. The first-order chi connectivity index (χ1) is 11.5. The van der Waals surface area contributed by atoms with Gasteiger partial charge in [-0.05, 0) is 55.2 Å². The summed E-state index contributed by atoms with van der Waals surface area (Å²) >= 11 is 0. The summed E-state index contributed by atoms with van der Waals surface area (Å²) in [7, 11) is 0. The predicted octanol–water partition coefficient (Wildman–Crippen LogP) is 4.42. The predicted molar refractivity (Wildman–Crippen MR) is 93.5 cm³/mol. The number of benzene rings is 2. The highest BCUT2D eigenvalue weighted by molar-refractivity contribution is 5.81. The number of hydrogen-bond acceptors (Lipinski definition) is 2. The molecule has 3 nitrogen and oxygen atoms in total. The number of hydrogen-bond donors (Lipinski definition) is 1. The van der Waals surface area contributed by atoms with Gasteiger partial charge in [0.1, 0.15) is 11.6 Å². The van der Waals surface area contributed by atoms with Gasteiger partial charge in [0, 0.05) is 0 Å². The summed E-state index contributed by atoms with van der Waals surface area (Å²) in [6, 6.07) is 13.7. The molecule has 0 unspecified atom stereocenters. The summed E-state index contributed by atoms with van der Waals surface area (Å²) < 4.78 is 18.8. The lowest BCUT2D eigenvalue weighted by Gasteiger charge is -2.21. The molecule has 0 bridgehead atoms. The fourth-order valence-electron chi connectivity index (χ4n) is 2.43. The molecule has 0 aliphatic rings. The molecule has 1 N–H and O–H groups in total. The van der Waals surface area contributed by atoms with Gasteiger partial charge in [0.2, 0.25) is 0 Å². The average molecular weight is 329 g/mol. The van der Waals surface area contributed by atoms with Crippen molar-refractivity contribution in [1.82, 2.24) is 5.32 Å². The minimum absolute atomic E-state index is 0.172. The monoisotopic (exact) mass is 329 g/mol. The molecule has 1 amide bonds. The van der Waals surface area contributed by atoms with Crippen LogP contribution in [0.15, 0.2) is 48.5 Å². The van der Waals surface area contributed by atoms with Gasteiger partial charge in [-0.2, -0.15) is 0 Å². The van der Waals surface area contributed by atoms with E-state index in [9.17, 15) is 9.18 Å². The Hall–Kier alpha value is -2.36. The highest BCUT2D eigenvalue weighted by Gasteiger charge is 2.20. The number of carbonyl (C=O) groups excluding carboxylic acids is 1. The van der Waals surface area contributed by atoms with Crippen LogP contribution in [0, 0.1) is 5.82 Å². The highest BCUT2D eigenvalue weighted by atomic mass is 19.1. The normalized spacial score (nSPS) is 13.2. The first kappa shape index (κ1) is 18.0. The average Bonchev–Trinajstić information content (AvgIpc) is 2.60. The summed E-state index contributed by atoms with van der Waals surface area (Å²) in [5, 5.41) is 2.92. The number of rotatable bonds is 7. The molecule has 0 spiro atoms. The van der Waals surface area contributed by atoms with Crippen LogP contribution < -0.4 is 10.1 Å². The molecule has 2 aromatic rings. The SMILES string of the molecule is CCc1ccc(O[C@H](CC)C(=O)N[C@H](C)c2ccc(F)cc2)cc1. The molecule has 0 fully saturated rings. The Kier molecular flexibility index (Phi) is 6.36. The second-order valence-electron chi connectivity index (χ2n) is 5.79.